The molecule has 1 atom stereocenters. The van der Waals surface area contributed by atoms with Crippen LogP contribution in [-0.4, -0.2) is 0 Å². The zero-order valence-corrected chi connectivity index (χ0v) is 15.3. The van der Waals surface area contributed by atoms with Gasteiger partial charge in [0.25, 0.3) is 0 Å². The van der Waals surface area contributed by atoms with Crippen LogP contribution in [0.4, 0.5) is 0 Å². The Balaban J connectivity index is 2.34. The highest BCUT2D eigenvalue weighted by Crippen LogP contribution is 2.74. The third-order valence-corrected chi connectivity index (χ3v) is 6.92. The highest BCUT2D eigenvalue weighted by Gasteiger charge is 2.66. The second kappa shape index (κ2) is 4.35. The van der Waals surface area contributed by atoms with Crippen LogP contribution in [0.2, 0.25) is 0 Å². The quantitative estimate of drug-likeness (QED) is 0.486. The first-order chi connectivity index (χ1) is 7.69. The molecule has 0 saturated heterocycles. The van der Waals surface area contributed by atoms with E-state index in [4.69, 9.17) is 0 Å². The van der Waals surface area contributed by atoms with Gasteiger partial charge < -0.3 is 0 Å². The Kier molecular flexibility index (Phi) is 3.60. The summed E-state index contributed by atoms with van der Waals surface area (Å²) >= 11 is 11.1. The Morgan fingerprint density at radius 3 is 2.06 bits per heavy atom. The predicted octanol–water partition coefficient (Wildman–Crippen LogP) is 6.33. The molecule has 1 aromatic rings. The van der Waals surface area contributed by atoms with Crippen LogP contribution in [0.25, 0.3) is 0 Å². The third kappa shape index (κ3) is 2.17. The molecular weight excluding hydrogens is 408 g/mol. The van der Waals surface area contributed by atoms with Crippen molar-refractivity contribution in [1.82, 2.24) is 0 Å². The van der Waals surface area contributed by atoms with E-state index in [1.165, 1.54) is 10.0 Å². The van der Waals surface area contributed by atoms with Crippen LogP contribution in [0.3, 0.4) is 0 Å². The fourth-order valence-electron chi connectivity index (χ4n) is 2.88. The van der Waals surface area contributed by atoms with Crippen molar-refractivity contribution < 1.29 is 0 Å². The molecule has 17 heavy (non-hydrogen) atoms. The fourth-order valence-corrected chi connectivity index (χ4v) is 5.76. The van der Waals surface area contributed by atoms with E-state index < -0.39 is 0 Å². The van der Waals surface area contributed by atoms with Gasteiger partial charge >= 0.3 is 0 Å². The maximum atomic E-state index is 3.90. The Hall–Kier alpha value is 0.660. The average molecular weight is 425 g/mol. The summed E-state index contributed by atoms with van der Waals surface area (Å²) in [5.74, 6) is 0.667. The average Bonchev–Trinajstić information content (AvgIpc) is 2.61. The summed E-state index contributed by atoms with van der Waals surface area (Å²) in [6.07, 6.45) is 0. The summed E-state index contributed by atoms with van der Waals surface area (Å²) < 4.78 is 2.32. The van der Waals surface area contributed by atoms with E-state index in [2.05, 4.69) is 93.7 Å². The lowest BCUT2D eigenvalue weighted by atomic mass is 10.0. The second-order valence-electron chi connectivity index (χ2n) is 5.99. The van der Waals surface area contributed by atoms with Gasteiger partial charge in [0.1, 0.15) is 0 Å². The van der Waals surface area contributed by atoms with Crippen LogP contribution >= 0.6 is 47.8 Å². The number of hydrogen-bond acceptors (Lipinski definition) is 0. The number of alkyl halides is 1. The molecular formula is C14H17Br3. The fraction of sp³-hybridized carbons (Fsp3) is 0.571. The standard InChI is InChI=1S/C14H17Br3/c1-13(2)12(14(13,3)4)11(17)9-7-8(15)5-6-10(9)16/h5-7,11-12H,1-4H3. The van der Waals surface area contributed by atoms with Crippen molar-refractivity contribution in [3.8, 4) is 0 Å². The summed E-state index contributed by atoms with van der Waals surface area (Å²) in [5, 5.41) is 0. The van der Waals surface area contributed by atoms with Crippen LogP contribution < -0.4 is 0 Å². The molecule has 1 fully saturated rings. The molecule has 0 heterocycles. The van der Waals surface area contributed by atoms with E-state index >= 15 is 0 Å². The van der Waals surface area contributed by atoms with E-state index in [0.717, 1.165) is 4.47 Å². The maximum Gasteiger partial charge on any atom is 0.0445 e. The van der Waals surface area contributed by atoms with E-state index in [1.54, 1.807) is 0 Å². The van der Waals surface area contributed by atoms with Gasteiger partial charge in [0.2, 0.25) is 0 Å². The molecule has 3 heteroatoms. The zero-order chi connectivity index (χ0) is 13.0. The molecule has 0 radical (unpaired) electrons. The highest BCUT2D eigenvalue weighted by molar-refractivity contribution is 9.11. The van der Waals surface area contributed by atoms with Crippen molar-refractivity contribution in [2.45, 2.75) is 32.5 Å². The SMILES string of the molecule is CC1(C)C(C(Br)c2cc(Br)ccc2Br)C1(C)C. The van der Waals surface area contributed by atoms with Gasteiger partial charge in [0, 0.05) is 13.8 Å². The first kappa shape index (κ1) is 14.1. The molecule has 1 aliphatic rings. The molecule has 94 valence electrons. The van der Waals surface area contributed by atoms with Crippen molar-refractivity contribution in [3.05, 3.63) is 32.7 Å². The van der Waals surface area contributed by atoms with Gasteiger partial charge in [0.15, 0.2) is 0 Å². The molecule has 0 nitrogen and oxygen atoms in total. The molecule has 0 aliphatic heterocycles. The number of rotatable bonds is 2. The minimum Gasteiger partial charge on any atom is -0.0835 e. The first-order valence-corrected chi connectivity index (χ1v) is 8.29. The van der Waals surface area contributed by atoms with E-state index in [9.17, 15) is 0 Å². The lowest BCUT2D eigenvalue weighted by Crippen LogP contribution is -2.00. The smallest absolute Gasteiger partial charge is 0.0445 e. The summed E-state index contributed by atoms with van der Waals surface area (Å²) in [6.45, 7) is 9.44. The van der Waals surface area contributed by atoms with Gasteiger partial charge in [-0.15, -0.1) is 0 Å². The Morgan fingerprint density at radius 1 is 1.06 bits per heavy atom. The van der Waals surface area contributed by atoms with Crippen molar-refractivity contribution >= 4 is 47.8 Å². The first-order valence-electron chi connectivity index (χ1n) is 5.78. The summed E-state index contributed by atoms with van der Waals surface area (Å²) in [6, 6.07) is 6.38. The second-order valence-corrected chi connectivity index (χ2v) is 8.75. The van der Waals surface area contributed by atoms with Gasteiger partial charge in [-0.2, -0.15) is 0 Å². The predicted molar refractivity (Wildman–Crippen MR) is 84.6 cm³/mol. The minimum absolute atomic E-state index is 0.392. The summed E-state index contributed by atoms with van der Waals surface area (Å²) in [7, 11) is 0. The van der Waals surface area contributed by atoms with Gasteiger partial charge in [-0.3, -0.25) is 0 Å². The van der Waals surface area contributed by atoms with Crippen LogP contribution in [0.15, 0.2) is 27.1 Å². The molecule has 0 N–H and O–H groups in total. The lowest BCUT2D eigenvalue weighted by molar-refractivity contribution is 0.457. The van der Waals surface area contributed by atoms with Crippen LogP contribution in [0.5, 0.6) is 0 Å². The molecule has 1 unspecified atom stereocenters. The number of benzene rings is 1. The van der Waals surface area contributed by atoms with E-state index in [1.807, 2.05) is 0 Å². The molecule has 1 aliphatic carbocycles. The van der Waals surface area contributed by atoms with Crippen molar-refractivity contribution in [3.63, 3.8) is 0 Å². The molecule has 0 spiro atoms. The summed E-state index contributed by atoms with van der Waals surface area (Å²) in [5.41, 5.74) is 2.12. The minimum atomic E-state index is 0.392. The van der Waals surface area contributed by atoms with Crippen molar-refractivity contribution in [2.75, 3.05) is 0 Å². The molecule has 0 aromatic heterocycles. The largest absolute Gasteiger partial charge is 0.0835 e. The molecule has 1 saturated carbocycles. The zero-order valence-electron chi connectivity index (χ0n) is 10.5. The Morgan fingerprint density at radius 2 is 1.59 bits per heavy atom. The van der Waals surface area contributed by atoms with Gasteiger partial charge in [-0.1, -0.05) is 75.5 Å². The molecule has 1 aromatic carbocycles. The molecule has 2 rings (SSSR count). The van der Waals surface area contributed by atoms with Crippen LogP contribution in [0.1, 0.15) is 38.1 Å². The van der Waals surface area contributed by atoms with Crippen molar-refractivity contribution in [1.29, 1.82) is 0 Å². The molecule has 0 bridgehead atoms. The Labute approximate surface area is 129 Å². The van der Waals surface area contributed by atoms with E-state index in [0.29, 0.717) is 21.6 Å². The number of hydrogen-bond donors (Lipinski definition) is 0. The monoisotopic (exact) mass is 422 g/mol. The Bertz CT molecular complexity index is 435. The lowest BCUT2D eigenvalue weighted by Gasteiger charge is -2.15. The normalized spacial score (nSPS) is 23.5. The van der Waals surface area contributed by atoms with E-state index in [-0.39, 0.29) is 0 Å². The van der Waals surface area contributed by atoms with Crippen LogP contribution in [-0.2, 0) is 0 Å². The highest BCUT2D eigenvalue weighted by atomic mass is 79.9. The topological polar surface area (TPSA) is 0 Å². The third-order valence-electron chi connectivity index (χ3n) is 4.68. The number of halogens is 3. The van der Waals surface area contributed by atoms with Crippen molar-refractivity contribution in [2.24, 2.45) is 16.7 Å². The van der Waals surface area contributed by atoms with Gasteiger partial charge in [-0.25, -0.2) is 0 Å². The van der Waals surface area contributed by atoms with Gasteiger partial charge in [-0.05, 0) is 40.5 Å². The molecule has 0 amide bonds. The maximum absolute atomic E-state index is 3.90. The van der Waals surface area contributed by atoms with Crippen LogP contribution in [0, 0.1) is 16.7 Å². The summed E-state index contributed by atoms with van der Waals surface area (Å²) in [4.78, 5) is 0.402. The van der Waals surface area contributed by atoms with Gasteiger partial charge in [0.05, 0.1) is 0 Å².